The normalized spacial score (nSPS) is 13.6. The summed E-state index contributed by atoms with van der Waals surface area (Å²) in [6, 6.07) is 10.3. The van der Waals surface area contributed by atoms with E-state index >= 15 is 0 Å². The molecule has 0 saturated heterocycles. The summed E-state index contributed by atoms with van der Waals surface area (Å²) in [7, 11) is -0.320. The second-order valence-corrected chi connectivity index (χ2v) is 7.39. The molecule has 24 heavy (non-hydrogen) atoms. The topological polar surface area (TPSA) is 67.4 Å². The molecule has 0 fully saturated rings. The average molecular weight is 369 g/mol. The largest absolute Gasteiger partial charge is 0.495 e. The molecule has 0 aromatic heterocycles. The molecule has 1 aliphatic heterocycles. The molecule has 3 rings (SSSR count). The fraction of sp³-hybridized carbons (Fsp3) is 0.294. The van der Waals surface area contributed by atoms with Crippen molar-refractivity contribution in [2.75, 3.05) is 26.0 Å². The molecule has 130 valence electrons. The Morgan fingerprint density at radius 1 is 1.12 bits per heavy atom. The van der Waals surface area contributed by atoms with E-state index in [1.54, 1.807) is 37.4 Å². The first-order valence-electron chi connectivity index (χ1n) is 7.49. The number of nitrogens with one attached hydrogen (secondary N) is 2. The standard InChI is InChI=1S/C17H20N2O3S.ClH/c1-18-14-3-5-15(6-4-14)23(20,21)17-10-13-11-19-8-7-12(13)9-16(17)22-2;/h3-6,9-10,18-19H,7-8,11H2,1-2H3;1H. The van der Waals surface area contributed by atoms with Crippen molar-refractivity contribution in [1.29, 1.82) is 0 Å². The minimum absolute atomic E-state index is 0. The van der Waals surface area contributed by atoms with Crippen molar-refractivity contribution in [3.8, 4) is 5.75 Å². The van der Waals surface area contributed by atoms with E-state index in [4.69, 9.17) is 4.74 Å². The summed E-state index contributed by atoms with van der Waals surface area (Å²) in [4.78, 5) is 0.484. The first kappa shape index (κ1) is 18.6. The Hall–Kier alpha value is -1.76. The van der Waals surface area contributed by atoms with E-state index in [1.165, 1.54) is 7.11 Å². The number of anilines is 1. The van der Waals surface area contributed by atoms with Crippen LogP contribution in [0.2, 0.25) is 0 Å². The number of sulfone groups is 1. The maximum absolute atomic E-state index is 13.0. The van der Waals surface area contributed by atoms with Gasteiger partial charge >= 0.3 is 0 Å². The van der Waals surface area contributed by atoms with Crippen LogP contribution in [-0.2, 0) is 22.8 Å². The maximum atomic E-state index is 13.0. The van der Waals surface area contributed by atoms with Crippen molar-refractivity contribution >= 4 is 27.9 Å². The number of benzene rings is 2. The van der Waals surface area contributed by atoms with E-state index in [0.717, 1.165) is 29.8 Å². The Morgan fingerprint density at radius 3 is 2.46 bits per heavy atom. The van der Waals surface area contributed by atoms with Gasteiger partial charge in [-0.2, -0.15) is 0 Å². The molecule has 0 unspecified atom stereocenters. The van der Waals surface area contributed by atoms with Crippen LogP contribution >= 0.6 is 12.4 Å². The first-order valence-corrected chi connectivity index (χ1v) is 8.98. The highest BCUT2D eigenvalue weighted by Gasteiger charge is 2.25. The van der Waals surface area contributed by atoms with Crippen LogP contribution in [0, 0.1) is 0 Å². The molecule has 1 heterocycles. The zero-order valence-electron chi connectivity index (χ0n) is 13.6. The van der Waals surface area contributed by atoms with Crippen LogP contribution in [0.15, 0.2) is 46.2 Å². The van der Waals surface area contributed by atoms with Gasteiger partial charge in [0.1, 0.15) is 10.6 Å². The lowest BCUT2D eigenvalue weighted by Crippen LogP contribution is -2.24. The summed E-state index contributed by atoms with van der Waals surface area (Å²) in [5.41, 5.74) is 3.03. The smallest absolute Gasteiger partial charge is 0.210 e. The van der Waals surface area contributed by atoms with E-state index in [9.17, 15) is 8.42 Å². The molecule has 7 heteroatoms. The molecule has 0 bridgehead atoms. The third-order valence-corrected chi connectivity index (χ3v) is 5.91. The Balaban J connectivity index is 0.00000208. The zero-order chi connectivity index (χ0) is 16.4. The van der Waals surface area contributed by atoms with Gasteiger partial charge in [0, 0.05) is 19.3 Å². The molecular weight excluding hydrogens is 348 g/mol. The molecular formula is C17H21ClN2O3S. The Labute approximate surface area is 148 Å². The molecule has 2 N–H and O–H groups in total. The van der Waals surface area contributed by atoms with E-state index in [-0.39, 0.29) is 22.2 Å². The molecule has 0 amide bonds. The molecule has 2 aromatic rings. The van der Waals surface area contributed by atoms with Gasteiger partial charge in [0.25, 0.3) is 0 Å². The predicted molar refractivity (Wildman–Crippen MR) is 97.1 cm³/mol. The van der Waals surface area contributed by atoms with Crippen LogP contribution in [0.3, 0.4) is 0 Å². The third-order valence-electron chi connectivity index (χ3n) is 4.12. The lowest BCUT2D eigenvalue weighted by atomic mass is 10.0. The van der Waals surface area contributed by atoms with Gasteiger partial charge in [0.2, 0.25) is 9.84 Å². The van der Waals surface area contributed by atoms with E-state index in [2.05, 4.69) is 10.6 Å². The Kier molecular flexibility index (Phi) is 5.74. The monoisotopic (exact) mass is 368 g/mol. The SMILES string of the molecule is CNc1ccc(S(=O)(=O)c2cc3c(cc2OC)CCNC3)cc1.Cl. The number of rotatable bonds is 4. The summed E-state index contributed by atoms with van der Waals surface area (Å²) < 4.78 is 31.3. The van der Waals surface area contributed by atoms with Crippen LogP contribution in [0.25, 0.3) is 0 Å². The van der Waals surface area contributed by atoms with Crippen LogP contribution in [0.4, 0.5) is 5.69 Å². The number of hydrogen-bond acceptors (Lipinski definition) is 5. The highest BCUT2D eigenvalue weighted by molar-refractivity contribution is 7.91. The third kappa shape index (κ3) is 3.36. The van der Waals surface area contributed by atoms with Crippen molar-refractivity contribution in [3.63, 3.8) is 0 Å². The quantitative estimate of drug-likeness (QED) is 0.868. The van der Waals surface area contributed by atoms with Crippen molar-refractivity contribution in [1.82, 2.24) is 5.32 Å². The minimum atomic E-state index is -3.62. The number of hydrogen-bond donors (Lipinski definition) is 2. The van der Waals surface area contributed by atoms with Crippen molar-refractivity contribution in [2.24, 2.45) is 0 Å². The highest BCUT2D eigenvalue weighted by Crippen LogP contribution is 2.33. The van der Waals surface area contributed by atoms with Gasteiger partial charge in [0.15, 0.2) is 0 Å². The van der Waals surface area contributed by atoms with Crippen LogP contribution in [0.1, 0.15) is 11.1 Å². The van der Waals surface area contributed by atoms with E-state index in [1.807, 2.05) is 6.07 Å². The lowest BCUT2D eigenvalue weighted by molar-refractivity contribution is 0.401. The van der Waals surface area contributed by atoms with Crippen molar-refractivity contribution in [2.45, 2.75) is 22.8 Å². The lowest BCUT2D eigenvalue weighted by Gasteiger charge is -2.20. The minimum Gasteiger partial charge on any atom is -0.495 e. The maximum Gasteiger partial charge on any atom is 0.210 e. The zero-order valence-corrected chi connectivity index (χ0v) is 15.3. The number of fused-ring (bicyclic) bond motifs is 1. The van der Waals surface area contributed by atoms with Crippen molar-refractivity contribution in [3.05, 3.63) is 47.5 Å². The van der Waals surface area contributed by atoms with Gasteiger partial charge in [-0.25, -0.2) is 8.42 Å². The molecule has 0 atom stereocenters. The van der Waals surface area contributed by atoms with Crippen LogP contribution in [0.5, 0.6) is 5.75 Å². The van der Waals surface area contributed by atoms with Crippen LogP contribution in [-0.4, -0.2) is 29.1 Å². The first-order chi connectivity index (χ1) is 11.1. The molecule has 1 aliphatic rings. The van der Waals surface area contributed by atoms with Gasteiger partial charge in [-0.15, -0.1) is 12.4 Å². The van der Waals surface area contributed by atoms with E-state index < -0.39 is 9.84 Å². The summed E-state index contributed by atoms with van der Waals surface area (Å²) in [6.07, 6.45) is 0.878. The van der Waals surface area contributed by atoms with Gasteiger partial charge < -0.3 is 15.4 Å². The number of halogens is 1. The van der Waals surface area contributed by atoms with Gasteiger partial charge in [-0.1, -0.05) is 0 Å². The molecule has 2 aromatic carbocycles. The Morgan fingerprint density at radius 2 is 1.83 bits per heavy atom. The second kappa shape index (κ2) is 7.42. The van der Waals surface area contributed by atoms with Gasteiger partial charge in [0.05, 0.1) is 12.0 Å². The van der Waals surface area contributed by atoms with Gasteiger partial charge in [-0.3, -0.25) is 0 Å². The molecule has 0 radical (unpaired) electrons. The summed E-state index contributed by atoms with van der Waals surface area (Å²) in [6.45, 7) is 1.58. The molecule has 5 nitrogen and oxygen atoms in total. The summed E-state index contributed by atoms with van der Waals surface area (Å²) in [5, 5.41) is 6.25. The second-order valence-electron chi connectivity index (χ2n) is 5.48. The number of ether oxygens (including phenoxy) is 1. The molecule has 0 spiro atoms. The fourth-order valence-corrected chi connectivity index (χ4v) is 4.24. The Bertz CT molecular complexity index is 820. The summed E-state index contributed by atoms with van der Waals surface area (Å²) in [5.74, 6) is 0.406. The van der Waals surface area contributed by atoms with Gasteiger partial charge in [-0.05, 0) is 60.5 Å². The predicted octanol–water partition coefficient (Wildman–Crippen LogP) is 2.64. The summed E-state index contributed by atoms with van der Waals surface area (Å²) >= 11 is 0. The number of methoxy groups -OCH3 is 1. The van der Waals surface area contributed by atoms with E-state index in [0.29, 0.717) is 12.3 Å². The average Bonchev–Trinajstić information content (AvgIpc) is 2.60. The highest BCUT2D eigenvalue weighted by atomic mass is 35.5. The fourth-order valence-electron chi connectivity index (χ4n) is 2.78. The molecule has 0 aliphatic carbocycles. The van der Waals surface area contributed by atoms with Crippen LogP contribution < -0.4 is 15.4 Å². The van der Waals surface area contributed by atoms with Crippen molar-refractivity contribution < 1.29 is 13.2 Å². The molecule has 0 saturated carbocycles.